The topological polar surface area (TPSA) is 98.0 Å². The smallest absolute Gasteiger partial charge is 0.312 e. The van der Waals surface area contributed by atoms with Crippen LogP contribution in [0.2, 0.25) is 0 Å². The number of aliphatic hydroxyl groups excluding tert-OH is 3. The van der Waals surface area contributed by atoms with E-state index in [1.165, 1.54) is 19.4 Å². The van der Waals surface area contributed by atoms with E-state index >= 15 is 0 Å². The summed E-state index contributed by atoms with van der Waals surface area (Å²) < 4.78 is 0. The minimum atomic E-state index is -1.25. The minimum absolute atomic E-state index is 0.0693. The van der Waals surface area contributed by atoms with Crippen LogP contribution in [0.15, 0.2) is 59.8 Å². The summed E-state index contributed by atoms with van der Waals surface area (Å²) in [5.74, 6) is -0.316. The molecule has 6 atom stereocenters. The predicted octanol–water partition coefficient (Wildman–Crippen LogP) is 4.71. The van der Waals surface area contributed by atoms with Crippen LogP contribution in [0.5, 0.6) is 0 Å². The quantitative estimate of drug-likeness (QED) is 0.434. The average molecular weight is 457 g/mol. The van der Waals surface area contributed by atoms with Crippen LogP contribution in [0.25, 0.3) is 0 Å². The molecular formula is C28H40O5. The molecule has 4 N–H and O–H groups in total. The Balaban J connectivity index is 1.76. The summed E-state index contributed by atoms with van der Waals surface area (Å²) in [6, 6.07) is 0. The molecule has 5 heteroatoms. The first-order chi connectivity index (χ1) is 15.4. The average Bonchev–Trinajstić information content (AvgIpc) is 3.10. The van der Waals surface area contributed by atoms with Gasteiger partial charge >= 0.3 is 5.97 Å². The number of carboxylic acid groups (broad SMARTS) is 1. The third-order valence-corrected chi connectivity index (χ3v) is 8.46. The molecule has 3 aliphatic carbocycles. The number of hydrogen-bond acceptors (Lipinski definition) is 4. The molecule has 182 valence electrons. The van der Waals surface area contributed by atoms with Gasteiger partial charge in [-0.1, -0.05) is 55.5 Å². The van der Waals surface area contributed by atoms with Crippen LogP contribution >= 0.6 is 0 Å². The van der Waals surface area contributed by atoms with Crippen molar-refractivity contribution in [3.05, 3.63) is 59.8 Å². The van der Waals surface area contributed by atoms with E-state index in [9.17, 15) is 25.2 Å². The lowest BCUT2D eigenvalue weighted by Gasteiger charge is -2.42. The Kier molecular flexibility index (Phi) is 7.57. The summed E-state index contributed by atoms with van der Waals surface area (Å²) in [6.45, 7) is 13.7. The van der Waals surface area contributed by atoms with Crippen molar-refractivity contribution in [2.45, 2.75) is 84.0 Å². The summed E-state index contributed by atoms with van der Waals surface area (Å²) in [7, 11) is 0. The summed E-state index contributed by atoms with van der Waals surface area (Å²) in [6.07, 6.45) is 11.5. The summed E-state index contributed by atoms with van der Waals surface area (Å²) >= 11 is 0. The lowest BCUT2D eigenvalue weighted by Crippen LogP contribution is -2.36. The third kappa shape index (κ3) is 5.11. The van der Waals surface area contributed by atoms with Crippen molar-refractivity contribution in [1.82, 2.24) is 0 Å². The van der Waals surface area contributed by atoms with Crippen LogP contribution in [-0.4, -0.2) is 44.7 Å². The molecule has 3 aliphatic rings. The van der Waals surface area contributed by atoms with Crippen molar-refractivity contribution in [1.29, 1.82) is 0 Å². The molecule has 3 rings (SSSR count). The van der Waals surface area contributed by atoms with E-state index in [-0.39, 0.29) is 11.3 Å². The first-order valence-electron chi connectivity index (χ1n) is 12.1. The molecule has 3 saturated carbocycles. The van der Waals surface area contributed by atoms with Gasteiger partial charge in [-0.25, -0.2) is 0 Å². The Labute approximate surface area is 197 Å². The monoisotopic (exact) mass is 456 g/mol. The fraction of sp³-hybridized carbons (Fsp3) is 0.607. The van der Waals surface area contributed by atoms with Gasteiger partial charge in [0.2, 0.25) is 0 Å². The molecule has 0 aromatic carbocycles. The SMILES string of the molecule is C=C(/C=C/[C@@H](O)C(C)(C)C(=O)O)[C@H]1CC[C@H]2/C(=C/C=C3/C[C@@H](O)C[C@H](O)C3=C)CCC[C@]12C. The molecule has 0 heterocycles. The van der Waals surface area contributed by atoms with Crippen LogP contribution in [-0.2, 0) is 4.79 Å². The van der Waals surface area contributed by atoms with Gasteiger partial charge in [0.1, 0.15) is 0 Å². The van der Waals surface area contributed by atoms with Gasteiger partial charge < -0.3 is 20.4 Å². The number of carbonyl (C=O) groups is 1. The van der Waals surface area contributed by atoms with Gasteiger partial charge in [-0.15, -0.1) is 0 Å². The number of rotatable bonds is 6. The van der Waals surface area contributed by atoms with E-state index in [0.717, 1.165) is 43.3 Å². The Morgan fingerprint density at radius 3 is 2.61 bits per heavy atom. The predicted molar refractivity (Wildman–Crippen MR) is 130 cm³/mol. The standard InChI is InChI=1S/C28H40O5/c1-17(8-13-25(31)27(3,4)26(32)33)22-11-12-23-19(7-6-14-28(22,23)5)9-10-20-15-21(29)16-24(30)18(20)2/h8-10,13,21-25,29-31H,1-2,6-7,11-12,14-16H2,3-5H3,(H,32,33)/b13-8+,19-9+,20-10-/t21-,22-,23+,24+,25-,28-/m1/s1. The number of carboxylic acids is 1. The first kappa shape index (κ1) is 25.7. The first-order valence-corrected chi connectivity index (χ1v) is 12.1. The second kappa shape index (κ2) is 9.73. The normalized spacial score (nSPS) is 36.4. The largest absolute Gasteiger partial charge is 0.481 e. The van der Waals surface area contributed by atoms with E-state index in [1.807, 2.05) is 12.2 Å². The Bertz CT molecular complexity index is 892. The fourth-order valence-electron chi connectivity index (χ4n) is 6.01. The fourth-order valence-corrected chi connectivity index (χ4v) is 6.01. The third-order valence-electron chi connectivity index (χ3n) is 8.46. The maximum atomic E-state index is 11.4. The molecule has 0 aliphatic heterocycles. The highest BCUT2D eigenvalue weighted by molar-refractivity contribution is 5.74. The van der Waals surface area contributed by atoms with Gasteiger partial charge in [0.25, 0.3) is 0 Å². The van der Waals surface area contributed by atoms with E-state index < -0.39 is 29.7 Å². The van der Waals surface area contributed by atoms with Gasteiger partial charge in [0, 0.05) is 6.42 Å². The number of fused-ring (bicyclic) bond motifs is 1. The van der Waals surface area contributed by atoms with Crippen molar-refractivity contribution >= 4 is 5.97 Å². The van der Waals surface area contributed by atoms with Gasteiger partial charge in [-0.2, -0.15) is 0 Å². The Hall–Kier alpha value is -1.95. The van der Waals surface area contributed by atoms with Crippen LogP contribution in [0.4, 0.5) is 0 Å². The number of aliphatic carboxylic acids is 1. The zero-order valence-corrected chi connectivity index (χ0v) is 20.3. The highest BCUT2D eigenvalue weighted by Gasteiger charge is 2.49. The zero-order chi connectivity index (χ0) is 24.6. The maximum absolute atomic E-state index is 11.4. The molecular weight excluding hydrogens is 416 g/mol. The second-order valence-electron chi connectivity index (χ2n) is 11.0. The molecule has 0 saturated heterocycles. The van der Waals surface area contributed by atoms with E-state index in [1.54, 1.807) is 6.08 Å². The maximum Gasteiger partial charge on any atom is 0.312 e. The number of allylic oxidation sites excluding steroid dienone is 5. The van der Waals surface area contributed by atoms with Gasteiger partial charge in [-0.3, -0.25) is 4.79 Å². The highest BCUT2D eigenvalue weighted by atomic mass is 16.4. The van der Waals surface area contributed by atoms with Crippen molar-refractivity contribution in [3.63, 3.8) is 0 Å². The van der Waals surface area contributed by atoms with Gasteiger partial charge in [0.15, 0.2) is 0 Å². The molecule has 5 nitrogen and oxygen atoms in total. The van der Waals surface area contributed by atoms with Crippen molar-refractivity contribution in [2.24, 2.45) is 22.7 Å². The molecule has 0 unspecified atom stereocenters. The van der Waals surface area contributed by atoms with Gasteiger partial charge in [-0.05, 0) is 80.8 Å². The molecule has 0 aromatic rings. The summed E-state index contributed by atoms with van der Waals surface area (Å²) in [4.78, 5) is 11.4. The van der Waals surface area contributed by atoms with Gasteiger partial charge in [0.05, 0.1) is 23.7 Å². The van der Waals surface area contributed by atoms with Crippen molar-refractivity contribution in [2.75, 3.05) is 0 Å². The van der Waals surface area contributed by atoms with Crippen molar-refractivity contribution < 1.29 is 25.2 Å². The van der Waals surface area contributed by atoms with Crippen LogP contribution in [0.3, 0.4) is 0 Å². The zero-order valence-electron chi connectivity index (χ0n) is 20.3. The molecule has 0 radical (unpaired) electrons. The number of aliphatic hydroxyl groups is 3. The van der Waals surface area contributed by atoms with Crippen LogP contribution in [0.1, 0.15) is 65.7 Å². The lowest BCUT2D eigenvalue weighted by atomic mass is 9.62. The van der Waals surface area contributed by atoms with E-state index in [0.29, 0.717) is 24.3 Å². The molecule has 33 heavy (non-hydrogen) atoms. The summed E-state index contributed by atoms with van der Waals surface area (Å²) in [5.41, 5.74) is 2.81. The minimum Gasteiger partial charge on any atom is -0.481 e. The van der Waals surface area contributed by atoms with E-state index in [2.05, 4.69) is 26.2 Å². The molecule has 0 spiro atoms. The Morgan fingerprint density at radius 1 is 1.24 bits per heavy atom. The summed E-state index contributed by atoms with van der Waals surface area (Å²) in [5, 5.41) is 39.9. The lowest BCUT2D eigenvalue weighted by molar-refractivity contribution is -0.151. The second-order valence-corrected chi connectivity index (χ2v) is 11.0. The molecule has 0 aromatic heterocycles. The molecule has 0 bridgehead atoms. The van der Waals surface area contributed by atoms with Crippen molar-refractivity contribution in [3.8, 4) is 0 Å². The Morgan fingerprint density at radius 2 is 1.94 bits per heavy atom. The molecule has 0 amide bonds. The van der Waals surface area contributed by atoms with E-state index in [4.69, 9.17) is 0 Å². The highest BCUT2D eigenvalue weighted by Crippen LogP contribution is 2.59. The molecule has 3 fully saturated rings. The van der Waals surface area contributed by atoms with Crippen LogP contribution < -0.4 is 0 Å². The number of hydrogen-bond donors (Lipinski definition) is 4. The van der Waals surface area contributed by atoms with Crippen LogP contribution in [0, 0.1) is 22.7 Å².